The number of amides is 1. The predicted molar refractivity (Wildman–Crippen MR) is 81.0 cm³/mol. The van der Waals surface area contributed by atoms with Gasteiger partial charge < -0.3 is 10.1 Å². The lowest BCUT2D eigenvalue weighted by molar-refractivity contribution is 0.0636. The summed E-state index contributed by atoms with van der Waals surface area (Å²) in [7, 11) is 2.02. The molecule has 0 heterocycles. The number of nitrogens with one attached hydrogen (secondary N) is 2. The van der Waals surface area contributed by atoms with E-state index >= 15 is 0 Å². The van der Waals surface area contributed by atoms with Gasteiger partial charge in [-0.25, -0.2) is 4.79 Å². The molecule has 0 unspecified atom stereocenters. The van der Waals surface area contributed by atoms with Gasteiger partial charge in [-0.15, -0.1) is 0 Å². The van der Waals surface area contributed by atoms with E-state index in [1.54, 1.807) is 0 Å². The van der Waals surface area contributed by atoms with Gasteiger partial charge in [0.2, 0.25) is 0 Å². The fraction of sp³-hybridized carbons (Fsp3) is 0.562. The Kier molecular flexibility index (Phi) is 4.04. The summed E-state index contributed by atoms with van der Waals surface area (Å²) < 4.78 is 5.22. The first-order valence-corrected chi connectivity index (χ1v) is 7.10. The molecule has 1 aromatic rings. The van der Waals surface area contributed by atoms with Crippen LogP contribution in [0, 0.1) is 0 Å². The van der Waals surface area contributed by atoms with Gasteiger partial charge in [-0.3, -0.25) is 5.32 Å². The number of benzene rings is 1. The second kappa shape index (κ2) is 5.44. The topological polar surface area (TPSA) is 50.4 Å². The summed E-state index contributed by atoms with van der Waals surface area (Å²) in [6, 6.07) is 7.96. The number of rotatable bonds is 4. The minimum Gasteiger partial charge on any atom is -0.444 e. The highest BCUT2D eigenvalue weighted by molar-refractivity contribution is 5.84. The van der Waals surface area contributed by atoms with Crippen molar-refractivity contribution >= 4 is 11.8 Å². The molecule has 4 heteroatoms. The van der Waals surface area contributed by atoms with Crippen LogP contribution in [0.1, 0.15) is 39.2 Å². The highest BCUT2D eigenvalue weighted by Gasteiger charge is 2.40. The van der Waals surface area contributed by atoms with Gasteiger partial charge in [0.15, 0.2) is 0 Å². The molecule has 1 fully saturated rings. The van der Waals surface area contributed by atoms with Crippen LogP contribution in [0.15, 0.2) is 24.3 Å². The third-order valence-electron chi connectivity index (χ3n) is 3.53. The van der Waals surface area contributed by atoms with Crippen LogP contribution in [0.25, 0.3) is 0 Å². The van der Waals surface area contributed by atoms with Crippen LogP contribution in [0.2, 0.25) is 0 Å². The summed E-state index contributed by atoms with van der Waals surface area (Å²) in [4.78, 5) is 11.7. The third kappa shape index (κ3) is 4.23. The second-order valence-corrected chi connectivity index (χ2v) is 6.53. The molecule has 0 spiro atoms. The molecule has 0 saturated heterocycles. The molecule has 20 heavy (non-hydrogen) atoms. The highest BCUT2D eigenvalue weighted by Crippen LogP contribution is 2.38. The van der Waals surface area contributed by atoms with Crippen LogP contribution in [0.4, 0.5) is 10.5 Å². The third-order valence-corrected chi connectivity index (χ3v) is 3.53. The Morgan fingerprint density at radius 1 is 1.25 bits per heavy atom. The van der Waals surface area contributed by atoms with Gasteiger partial charge in [-0.2, -0.15) is 0 Å². The number of anilines is 1. The van der Waals surface area contributed by atoms with E-state index in [0.717, 1.165) is 12.1 Å². The zero-order valence-corrected chi connectivity index (χ0v) is 12.7. The lowest BCUT2D eigenvalue weighted by Crippen LogP contribution is -2.29. The molecule has 1 aliphatic rings. The number of hydrogen-bond donors (Lipinski definition) is 2. The molecule has 2 N–H and O–H groups in total. The van der Waals surface area contributed by atoms with Crippen LogP contribution in [0.3, 0.4) is 0 Å². The van der Waals surface area contributed by atoms with Crippen molar-refractivity contribution in [2.24, 2.45) is 0 Å². The van der Waals surface area contributed by atoms with Crippen LogP contribution in [-0.4, -0.2) is 24.3 Å². The van der Waals surface area contributed by atoms with E-state index in [2.05, 4.69) is 22.8 Å². The molecule has 1 amide bonds. The zero-order valence-electron chi connectivity index (χ0n) is 12.7. The smallest absolute Gasteiger partial charge is 0.412 e. The Morgan fingerprint density at radius 2 is 1.85 bits per heavy atom. The van der Waals surface area contributed by atoms with Crippen molar-refractivity contribution in [3.05, 3.63) is 29.8 Å². The van der Waals surface area contributed by atoms with E-state index in [0.29, 0.717) is 5.54 Å². The van der Waals surface area contributed by atoms with Gasteiger partial charge in [0.1, 0.15) is 5.60 Å². The largest absolute Gasteiger partial charge is 0.444 e. The molecule has 0 aromatic heterocycles. The minimum absolute atomic E-state index is 0.306. The molecule has 110 valence electrons. The van der Waals surface area contributed by atoms with E-state index in [4.69, 9.17) is 4.74 Å². The van der Waals surface area contributed by atoms with E-state index < -0.39 is 11.7 Å². The maximum Gasteiger partial charge on any atom is 0.412 e. The molecular weight excluding hydrogens is 252 g/mol. The van der Waals surface area contributed by atoms with Crippen molar-refractivity contribution in [2.75, 3.05) is 12.4 Å². The Hall–Kier alpha value is -1.55. The average Bonchev–Trinajstić information content (AvgIpc) is 3.10. The highest BCUT2D eigenvalue weighted by atomic mass is 16.6. The van der Waals surface area contributed by atoms with E-state index in [9.17, 15) is 4.79 Å². The molecule has 0 atom stereocenters. The van der Waals surface area contributed by atoms with Crippen molar-refractivity contribution < 1.29 is 9.53 Å². The lowest BCUT2D eigenvalue weighted by Gasteiger charge is -2.20. The Morgan fingerprint density at radius 3 is 2.30 bits per heavy atom. The maximum atomic E-state index is 11.7. The number of likely N-dealkylation sites (N-methyl/N-ethyl adjacent to an activating group) is 1. The quantitative estimate of drug-likeness (QED) is 0.887. The molecule has 4 nitrogen and oxygen atoms in total. The fourth-order valence-corrected chi connectivity index (χ4v) is 2.18. The van der Waals surface area contributed by atoms with Gasteiger partial charge in [0, 0.05) is 11.2 Å². The van der Waals surface area contributed by atoms with Gasteiger partial charge in [0.05, 0.1) is 0 Å². The van der Waals surface area contributed by atoms with Gasteiger partial charge in [-0.05, 0) is 64.8 Å². The first-order valence-electron chi connectivity index (χ1n) is 7.10. The average molecular weight is 276 g/mol. The molecule has 0 aliphatic heterocycles. The first kappa shape index (κ1) is 14.9. The van der Waals surface area contributed by atoms with E-state index in [1.807, 2.05) is 40.0 Å². The number of carbonyl (C=O) groups is 1. The standard InChI is InChI=1S/C16H24N2O2/c1-15(2,3)20-14(19)18-13-7-5-12(6-8-13)11-16(17-4)9-10-16/h5-8,17H,9-11H2,1-4H3,(H,18,19). The first-order chi connectivity index (χ1) is 9.32. The van der Waals surface area contributed by atoms with E-state index in [1.165, 1.54) is 18.4 Å². The number of carbonyl (C=O) groups excluding carboxylic acids is 1. The maximum absolute atomic E-state index is 11.7. The molecule has 0 radical (unpaired) electrons. The summed E-state index contributed by atoms with van der Waals surface area (Å²) in [6.07, 6.45) is 3.10. The summed E-state index contributed by atoms with van der Waals surface area (Å²) in [5, 5.41) is 6.13. The van der Waals surface area contributed by atoms with Crippen LogP contribution in [-0.2, 0) is 11.2 Å². The summed E-state index contributed by atoms with van der Waals surface area (Å²) in [5.41, 5.74) is 1.87. The number of hydrogen-bond acceptors (Lipinski definition) is 3. The van der Waals surface area contributed by atoms with Gasteiger partial charge in [-0.1, -0.05) is 12.1 Å². The number of ether oxygens (including phenoxy) is 1. The van der Waals surface area contributed by atoms with Crippen molar-refractivity contribution in [1.82, 2.24) is 5.32 Å². The fourth-order valence-electron chi connectivity index (χ4n) is 2.18. The molecule has 1 aromatic carbocycles. The Balaban J connectivity index is 1.90. The SMILES string of the molecule is CNC1(Cc2ccc(NC(=O)OC(C)(C)C)cc2)CC1. The van der Waals surface area contributed by atoms with Gasteiger partial charge in [0.25, 0.3) is 0 Å². The Bertz CT molecular complexity index is 470. The lowest BCUT2D eigenvalue weighted by atomic mass is 10.0. The molecule has 2 rings (SSSR count). The van der Waals surface area contributed by atoms with Crippen LogP contribution < -0.4 is 10.6 Å². The van der Waals surface area contributed by atoms with Crippen molar-refractivity contribution in [2.45, 2.75) is 51.2 Å². The summed E-state index contributed by atoms with van der Waals surface area (Å²) in [6.45, 7) is 5.55. The normalized spacial score (nSPS) is 16.6. The summed E-state index contributed by atoms with van der Waals surface area (Å²) >= 11 is 0. The van der Waals surface area contributed by atoms with Gasteiger partial charge >= 0.3 is 6.09 Å². The van der Waals surface area contributed by atoms with Crippen LogP contribution >= 0.6 is 0 Å². The van der Waals surface area contributed by atoms with E-state index in [-0.39, 0.29) is 0 Å². The van der Waals surface area contributed by atoms with Crippen molar-refractivity contribution in [1.29, 1.82) is 0 Å². The molecular formula is C16H24N2O2. The molecule has 0 bridgehead atoms. The molecule has 1 aliphatic carbocycles. The monoisotopic (exact) mass is 276 g/mol. The molecule has 1 saturated carbocycles. The van der Waals surface area contributed by atoms with Crippen LogP contribution in [0.5, 0.6) is 0 Å². The predicted octanol–water partition coefficient (Wildman–Crippen LogP) is 3.33. The van der Waals surface area contributed by atoms with Crippen molar-refractivity contribution in [3.8, 4) is 0 Å². The second-order valence-electron chi connectivity index (χ2n) is 6.53. The minimum atomic E-state index is -0.477. The summed E-state index contributed by atoms with van der Waals surface area (Å²) in [5.74, 6) is 0. The Labute approximate surface area is 120 Å². The zero-order chi connectivity index (χ0) is 14.8. The van der Waals surface area contributed by atoms with Crippen molar-refractivity contribution in [3.63, 3.8) is 0 Å².